The fraction of sp³-hybridized carbons (Fsp3) is 0.318. The summed E-state index contributed by atoms with van der Waals surface area (Å²) in [4.78, 5) is 35.8. The zero-order valence-electron chi connectivity index (χ0n) is 17.0. The van der Waals surface area contributed by atoms with Crippen LogP contribution in [0.4, 0.5) is 17.1 Å². The molecule has 2 rings (SSSR count). The van der Waals surface area contributed by atoms with Gasteiger partial charge in [0.15, 0.2) is 0 Å². The molecule has 0 aliphatic heterocycles. The maximum absolute atomic E-state index is 12.2. The van der Waals surface area contributed by atoms with Gasteiger partial charge in [-0.15, -0.1) is 0 Å². The van der Waals surface area contributed by atoms with Crippen molar-refractivity contribution in [1.29, 1.82) is 0 Å². The number of anilines is 3. The van der Waals surface area contributed by atoms with Crippen LogP contribution in [0.2, 0.25) is 0 Å². The van der Waals surface area contributed by atoms with Crippen molar-refractivity contribution < 1.29 is 14.4 Å². The molecule has 0 fully saturated rings. The Hall–Kier alpha value is -3.35. The molecule has 0 aromatic heterocycles. The molecule has 0 heterocycles. The Morgan fingerprint density at radius 2 is 1.48 bits per heavy atom. The average Bonchev–Trinajstić information content (AvgIpc) is 2.68. The van der Waals surface area contributed by atoms with Crippen LogP contribution in [0.5, 0.6) is 0 Å². The highest BCUT2D eigenvalue weighted by Gasteiger charge is 2.08. The molecular formula is C22H28N4O3. The number of benzene rings is 2. The second kappa shape index (κ2) is 10.8. The predicted octanol–water partition coefficient (Wildman–Crippen LogP) is 3.61. The SMILES string of the molecule is CCCC(=O)Nc1ccc(NC(=O)CNc2cccc(C(=O)NC(C)C)c2)cc1. The topological polar surface area (TPSA) is 99.3 Å². The quantitative estimate of drug-likeness (QED) is 0.520. The summed E-state index contributed by atoms with van der Waals surface area (Å²) >= 11 is 0. The minimum Gasteiger partial charge on any atom is -0.376 e. The Kier molecular flexibility index (Phi) is 8.21. The van der Waals surface area contributed by atoms with Crippen molar-refractivity contribution in [2.75, 3.05) is 22.5 Å². The van der Waals surface area contributed by atoms with Crippen molar-refractivity contribution in [2.45, 2.75) is 39.7 Å². The first-order valence-electron chi connectivity index (χ1n) is 9.72. The first kappa shape index (κ1) is 21.9. The highest BCUT2D eigenvalue weighted by atomic mass is 16.2. The Bertz CT molecular complexity index is 847. The molecule has 154 valence electrons. The molecule has 2 aromatic carbocycles. The van der Waals surface area contributed by atoms with Crippen LogP contribution in [0.15, 0.2) is 48.5 Å². The van der Waals surface area contributed by atoms with E-state index in [4.69, 9.17) is 0 Å². The number of amides is 3. The number of carbonyl (C=O) groups is 3. The van der Waals surface area contributed by atoms with Crippen LogP contribution < -0.4 is 21.3 Å². The van der Waals surface area contributed by atoms with Crippen LogP contribution in [0.3, 0.4) is 0 Å². The lowest BCUT2D eigenvalue weighted by molar-refractivity contribution is -0.116. The molecule has 0 aliphatic carbocycles. The van der Waals surface area contributed by atoms with Gasteiger partial charge < -0.3 is 21.3 Å². The van der Waals surface area contributed by atoms with E-state index >= 15 is 0 Å². The van der Waals surface area contributed by atoms with Gasteiger partial charge in [-0.3, -0.25) is 14.4 Å². The lowest BCUT2D eigenvalue weighted by Crippen LogP contribution is -2.30. The molecule has 4 N–H and O–H groups in total. The Morgan fingerprint density at radius 1 is 0.862 bits per heavy atom. The molecule has 0 radical (unpaired) electrons. The van der Waals surface area contributed by atoms with Crippen LogP contribution in [-0.4, -0.2) is 30.3 Å². The summed E-state index contributed by atoms with van der Waals surface area (Å²) in [6.07, 6.45) is 1.27. The summed E-state index contributed by atoms with van der Waals surface area (Å²) in [5.74, 6) is -0.401. The van der Waals surface area contributed by atoms with Gasteiger partial charge >= 0.3 is 0 Å². The first-order chi connectivity index (χ1) is 13.9. The van der Waals surface area contributed by atoms with E-state index in [1.54, 1.807) is 48.5 Å². The number of nitrogens with one attached hydrogen (secondary N) is 4. The highest BCUT2D eigenvalue weighted by molar-refractivity contribution is 5.96. The molecule has 2 aromatic rings. The Balaban J connectivity index is 1.85. The third-order valence-electron chi connectivity index (χ3n) is 3.93. The van der Waals surface area contributed by atoms with Crippen molar-refractivity contribution in [1.82, 2.24) is 5.32 Å². The second-order valence-corrected chi connectivity index (χ2v) is 6.99. The number of carbonyl (C=O) groups excluding carboxylic acids is 3. The molecule has 0 aliphatic rings. The van der Waals surface area contributed by atoms with E-state index in [0.717, 1.165) is 6.42 Å². The van der Waals surface area contributed by atoms with E-state index < -0.39 is 0 Å². The average molecular weight is 396 g/mol. The van der Waals surface area contributed by atoms with E-state index in [9.17, 15) is 14.4 Å². The number of hydrogen-bond donors (Lipinski definition) is 4. The van der Waals surface area contributed by atoms with Gasteiger partial charge in [0, 0.05) is 35.1 Å². The van der Waals surface area contributed by atoms with Gasteiger partial charge in [0.2, 0.25) is 11.8 Å². The molecule has 0 atom stereocenters. The van der Waals surface area contributed by atoms with Crippen molar-refractivity contribution in [3.8, 4) is 0 Å². The second-order valence-electron chi connectivity index (χ2n) is 6.99. The largest absolute Gasteiger partial charge is 0.376 e. The van der Waals surface area contributed by atoms with E-state index in [1.165, 1.54) is 0 Å². The standard InChI is InChI=1S/C22H28N4O3/c1-4-6-20(27)25-17-9-11-18(12-10-17)26-21(28)14-23-19-8-5-7-16(13-19)22(29)24-15(2)3/h5,7-13,15,23H,4,6,14H2,1-3H3,(H,24,29)(H,25,27)(H,26,28). The summed E-state index contributed by atoms with van der Waals surface area (Å²) in [6, 6.07) is 14.0. The molecule has 0 saturated heterocycles. The summed E-state index contributed by atoms with van der Waals surface area (Å²) in [5.41, 5.74) is 2.54. The maximum Gasteiger partial charge on any atom is 0.251 e. The normalized spacial score (nSPS) is 10.3. The Morgan fingerprint density at radius 3 is 2.07 bits per heavy atom. The van der Waals surface area contributed by atoms with Gasteiger partial charge in [0.25, 0.3) is 5.91 Å². The molecule has 0 spiro atoms. The molecule has 0 saturated carbocycles. The zero-order valence-corrected chi connectivity index (χ0v) is 17.0. The molecule has 3 amide bonds. The van der Waals surface area contributed by atoms with Gasteiger partial charge in [0.1, 0.15) is 0 Å². The van der Waals surface area contributed by atoms with Gasteiger partial charge in [-0.05, 0) is 62.7 Å². The van der Waals surface area contributed by atoms with E-state index in [1.807, 2.05) is 20.8 Å². The highest BCUT2D eigenvalue weighted by Crippen LogP contribution is 2.14. The third kappa shape index (κ3) is 7.65. The van der Waals surface area contributed by atoms with Gasteiger partial charge in [-0.25, -0.2) is 0 Å². The van der Waals surface area contributed by atoms with Crippen LogP contribution in [-0.2, 0) is 9.59 Å². The van der Waals surface area contributed by atoms with Crippen LogP contribution >= 0.6 is 0 Å². The Labute approximate surface area is 171 Å². The molecule has 0 bridgehead atoms. The van der Waals surface area contributed by atoms with Crippen LogP contribution in [0.1, 0.15) is 44.0 Å². The van der Waals surface area contributed by atoms with Crippen molar-refractivity contribution in [3.63, 3.8) is 0 Å². The van der Waals surface area contributed by atoms with E-state index in [-0.39, 0.29) is 30.3 Å². The molecule has 29 heavy (non-hydrogen) atoms. The molecule has 0 unspecified atom stereocenters. The lowest BCUT2D eigenvalue weighted by atomic mass is 10.1. The van der Waals surface area contributed by atoms with Crippen LogP contribution in [0, 0.1) is 0 Å². The van der Waals surface area contributed by atoms with E-state index in [0.29, 0.717) is 29.0 Å². The van der Waals surface area contributed by atoms with Crippen molar-refractivity contribution in [3.05, 3.63) is 54.1 Å². The minimum atomic E-state index is -0.218. The monoisotopic (exact) mass is 396 g/mol. The zero-order chi connectivity index (χ0) is 21.2. The van der Waals surface area contributed by atoms with Gasteiger partial charge in [-0.1, -0.05) is 13.0 Å². The summed E-state index contributed by atoms with van der Waals surface area (Å²) < 4.78 is 0. The van der Waals surface area contributed by atoms with Crippen molar-refractivity contribution >= 4 is 34.8 Å². The third-order valence-corrected chi connectivity index (χ3v) is 3.93. The summed E-state index contributed by atoms with van der Waals surface area (Å²) in [5, 5.41) is 11.4. The van der Waals surface area contributed by atoms with Crippen molar-refractivity contribution in [2.24, 2.45) is 0 Å². The van der Waals surface area contributed by atoms with Crippen LogP contribution in [0.25, 0.3) is 0 Å². The first-order valence-corrected chi connectivity index (χ1v) is 9.72. The summed E-state index contributed by atoms with van der Waals surface area (Å²) in [6.45, 7) is 5.80. The smallest absolute Gasteiger partial charge is 0.251 e. The summed E-state index contributed by atoms with van der Waals surface area (Å²) in [7, 11) is 0. The molecule has 7 nitrogen and oxygen atoms in total. The van der Waals surface area contributed by atoms with Gasteiger partial charge in [-0.2, -0.15) is 0 Å². The molecule has 7 heteroatoms. The maximum atomic E-state index is 12.2. The lowest BCUT2D eigenvalue weighted by Gasteiger charge is -2.11. The predicted molar refractivity (Wildman–Crippen MR) is 116 cm³/mol. The van der Waals surface area contributed by atoms with E-state index in [2.05, 4.69) is 21.3 Å². The number of hydrogen-bond acceptors (Lipinski definition) is 4. The van der Waals surface area contributed by atoms with Gasteiger partial charge in [0.05, 0.1) is 6.54 Å². The number of rotatable bonds is 9. The fourth-order valence-electron chi connectivity index (χ4n) is 2.59. The molecular weight excluding hydrogens is 368 g/mol. The minimum absolute atomic E-state index is 0.0298. The fourth-order valence-corrected chi connectivity index (χ4v) is 2.59.